The first-order chi connectivity index (χ1) is 7.25. The molecule has 1 aromatic rings. The van der Waals surface area contributed by atoms with E-state index in [1.165, 1.54) is 5.56 Å². The van der Waals surface area contributed by atoms with E-state index in [1.54, 1.807) is 12.4 Å². The van der Waals surface area contributed by atoms with Crippen molar-refractivity contribution >= 4 is 24.0 Å². The fraction of sp³-hybridized carbons (Fsp3) is 0.545. The second-order valence-corrected chi connectivity index (χ2v) is 4.46. The predicted molar refractivity (Wildman–Crippen MR) is 69.2 cm³/mol. The molecule has 0 aromatic carbocycles. The van der Waals surface area contributed by atoms with Gasteiger partial charge in [-0.3, -0.25) is 9.88 Å². The third kappa shape index (κ3) is 3.59. The van der Waals surface area contributed by atoms with Crippen molar-refractivity contribution in [3.05, 3.63) is 29.0 Å². The number of halogens is 2. The van der Waals surface area contributed by atoms with Gasteiger partial charge in [0, 0.05) is 44.6 Å². The molecule has 1 aliphatic heterocycles. The van der Waals surface area contributed by atoms with Gasteiger partial charge in [-0.15, -0.1) is 12.4 Å². The molecule has 0 aliphatic carbocycles. The van der Waals surface area contributed by atoms with Crippen LogP contribution >= 0.6 is 24.0 Å². The summed E-state index contributed by atoms with van der Waals surface area (Å²) in [5.74, 6) is 0. The SMILES string of the molecule is C[C@H]1CN(Cc2ccncc2Cl)CCN1.Cl. The third-order valence-corrected chi connectivity index (χ3v) is 3.04. The Morgan fingerprint density at radius 2 is 2.44 bits per heavy atom. The molecule has 0 radical (unpaired) electrons. The van der Waals surface area contributed by atoms with Crippen LogP contribution in [0.2, 0.25) is 5.02 Å². The van der Waals surface area contributed by atoms with Crippen LogP contribution in [0.25, 0.3) is 0 Å². The maximum absolute atomic E-state index is 6.08. The molecule has 2 rings (SSSR count). The number of nitrogens with one attached hydrogen (secondary N) is 1. The molecular weight excluding hydrogens is 245 g/mol. The molecule has 2 heterocycles. The Balaban J connectivity index is 0.00000128. The summed E-state index contributed by atoms with van der Waals surface area (Å²) in [6.07, 6.45) is 3.51. The van der Waals surface area contributed by atoms with Gasteiger partial charge in [-0.05, 0) is 18.6 Å². The van der Waals surface area contributed by atoms with Gasteiger partial charge in [0.05, 0.1) is 5.02 Å². The van der Waals surface area contributed by atoms with E-state index in [-0.39, 0.29) is 12.4 Å². The van der Waals surface area contributed by atoms with Gasteiger partial charge in [0.25, 0.3) is 0 Å². The maximum Gasteiger partial charge on any atom is 0.0634 e. The molecule has 1 aromatic heterocycles. The van der Waals surface area contributed by atoms with Crippen molar-refractivity contribution in [2.45, 2.75) is 19.5 Å². The highest BCUT2D eigenvalue weighted by atomic mass is 35.5. The van der Waals surface area contributed by atoms with E-state index in [1.807, 2.05) is 6.07 Å². The highest BCUT2D eigenvalue weighted by Gasteiger charge is 2.16. The second kappa shape index (κ2) is 6.40. The number of nitrogens with zero attached hydrogens (tertiary/aromatic N) is 2. The standard InChI is InChI=1S/C11H16ClN3.ClH/c1-9-7-15(5-4-14-9)8-10-2-3-13-6-11(10)12;/h2-3,6,9,14H,4-5,7-8H2,1H3;1H/t9-;/m0./s1. The van der Waals surface area contributed by atoms with Crippen molar-refractivity contribution in [3.63, 3.8) is 0 Å². The predicted octanol–water partition coefficient (Wildman–Crippen LogP) is 1.95. The van der Waals surface area contributed by atoms with Crippen molar-refractivity contribution in [1.29, 1.82) is 0 Å². The van der Waals surface area contributed by atoms with Crippen molar-refractivity contribution in [1.82, 2.24) is 15.2 Å². The van der Waals surface area contributed by atoms with E-state index in [9.17, 15) is 0 Å². The molecule has 0 amide bonds. The normalized spacial score (nSPS) is 21.5. The fourth-order valence-corrected chi connectivity index (χ4v) is 2.11. The maximum atomic E-state index is 6.08. The molecule has 3 nitrogen and oxygen atoms in total. The molecule has 0 saturated carbocycles. The minimum atomic E-state index is 0. The van der Waals surface area contributed by atoms with Crippen LogP contribution in [-0.2, 0) is 6.54 Å². The number of rotatable bonds is 2. The second-order valence-electron chi connectivity index (χ2n) is 4.06. The smallest absolute Gasteiger partial charge is 0.0634 e. The lowest BCUT2D eigenvalue weighted by atomic mass is 10.2. The van der Waals surface area contributed by atoms with Gasteiger partial charge in [0.15, 0.2) is 0 Å². The van der Waals surface area contributed by atoms with Crippen LogP contribution in [0.1, 0.15) is 12.5 Å². The fourth-order valence-electron chi connectivity index (χ4n) is 1.93. The molecule has 0 spiro atoms. The Morgan fingerprint density at radius 1 is 1.62 bits per heavy atom. The Bertz CT molecular complexity index is 333. The van der Waals surface area contributed by atoms with Gasteiger partial charge < -0.3 is 5.32 Å². The molecule has 1 saturated heterocycles. The van der Waals surface area contributed by atoms with Gasteiger partial charge >= 0.3 is 0 Å². The van der Waals surface area contributed by atoms with Gasteiger partial charge in [-0.1, -0.05) is 11.6 Å². The Morgan fingerprint density at radius 3 is 3.12 bits per heavy atom. The first-order valence-corrected chi connectivity index (χ1v) is 5.67. The van der Waals surface area contributed by atoms with Crippen molar-refractivity contribution in [3.8, 4) is 0 Å². The highest BCUT2D eigenvalue weighted by Crippen LogP contribution is 2.16. The zero-order chi connectivity index (χ0) is 10.7. The summed E-state index contributed by atoms with van der Waals surface area (Å²) in [6, 6.07) is 2.56. The van der Waals surface area contributed by atoms with Crippen LogP contribution in [0.4, 0.5) is 0 Å². The summed E-state index contributed by atoms with van der Waals surface area (Å²) in [5.41, 5.74) is 1.17. The summed E-state index contributed by atoms with van der Waals surface area (Å²) in [4.78, 5) is 6.41. The zero-order valence-electron chi connectivity index (χ0n) is 9.32. The number of aromatic nitrogens is 1. The molecule has 16 heavy (non-hydrogen) atoms. The number of hydrogen-bond donors (Lipinski definition) is 1. The van der Waals surface area contributed by atoms with E-state index >= 15 is 0 Å². The quantitative estimate of drug-likeness (QED) is 0.883. The third-order valence-electron chi connectivity index (χ3n) is 2.70. The molecule has 90 valence electrons. The van der Waals surface area contributed by atoms with E-state index < -0.39 is 0 Å². The average Bonchev–Trinajstić information content (AvgIpc) is 2.22. The molecule has 1 atom stereocenters. The number of pyridine rings is 1. The lowest BCUT2D eigenvalue weighted by Gasteiger charge is -2.31. The lowest BCUT2D eigenvalue weighted by Crippen LogP contribution is -2.48. The summed E-state index contributed by atoms with van der Waals surface area (Å²) < 4.78 is 0. The van der Waals surface area contributed by atoms with Crippen LogP contribution in [0.5, 0.6) is 0 Å². The molecular formula is C11H17Cl2N3. The Labute approximate surface area is 108 Å². The van der Waals surface area contributed by atoms with Gasteiger partial charge in [-0.2, -0.15) is 0 Å². The monoisotopic (exact) mass is 261 g/mol. The van der Waals surface area contributed by atoms with Crippen LogP contribution in [0.3, 0.4) is 0 Å². The van der Waals surface area contributed by atoms with Crippen molar-refractivity contribution < 1.29 is 0 Å². The first-order valence-electron chi connectivity index (χ1n) is 5.30. The van der Waals surface area contributed by atoms with Crippen molar-refractivity contribution in [2.24, 2.45) is 0 Å². The topological polar surface area (TPSA) is 28.2 Å². The Hall–Kier alpha value is -0.350. The summed E-state index contributed by atoms with van der Waals surface area (Å²) in [5, 5.41) is 4.19. The zero-order valence-corrected chi connectivity index (χ0v) is 10.9. The summed E-state index contributed by atoms with van der Waals surface area (Å²) in [7, 11) is 0. The minimum Gasteiger partial charge on any atom is -0.312 e. The first kappa shape index (κ1) is 13.7. The minimum absolute atomic E-state index is 0. The van der Waals surface area contributed by atoms with Gasteiger partial charge in [-0.25, -0.2) is 0 Å². The Kier molecular flexibility index (Phi) is 5.49. The van der Waals surface area contributed by atoms with Crippen LogP contribution in [0.15, 0.2) is 18.5 Å². The van der Waals surface area contributed by atoms with Crippen molar-refractivity contribution in [2.75, 3.05) is 19.6 Å². The molecule has 0 bridgehead atoms. The lowest BCUT2D eigenvalue weighted by molar-refractivity contribution is 0.199. The van der Waals surface area contributed by atoms with E-state index in [2.05, 4.69) is 22.1 Å². The van der Waals surface area contributed by atoms with E-state index in [0.29, 0.717) is 6.04 Å². The number of piperazine rings is 1. The van der Waals surface area contributed by atoms with Crippen LogP contribution in [-0.4, -0.2) is 35.6 Å². The van der Waals surface area contributed by atoms with Crippen LogP contribution in [0, 0.1) is 0 Å². The molecule has 1 aliphatic rings. The molecule has 1 fully saturated rings. The number of hydrogen-bond acceptors (Lipinski definition) is 3. The summed E-state index contributed by atoms with van der Waals surface area (Å²) in [6.45, 7) is 6.36. The molecule has 5 heteroatoms. The largest absolute Gasteiger partial charge is 0.312 e. The highest BCUT2D eigenvalue weighted by molar-refractivity contribution is 6.31. The molecule has 1 N–H and O–H groups in total. The summed E-state index contributed by atoms with van der Waals surface area (Å²) >= 11 is 6.08. The van der Waals surface area contributed by atoms with Gasteiger partial charge in [0.2, 0.25) is 0 Å². The average molecular weight is 262 g/mol. The van der Waals surface area contributed by atoms with Gasteiger partial charge in [0.1, 0.15) is 0 Å². The van der Waals surface area contributed by atoms with E-state index in [4.69, 9.17) is 11.6 Å². The molecule has 0 unspecified atom stereocenters. The van der Waals surface area contributed by atoms with Crippen LogP contribution < -0.4 is 5.32 Å². The van der Waals surface area contributed by atoms with E-state index in [0.717, 1.165) is 31.2 Å².